The zero-order valence-corrected chi connectivity index (χ0v) is 20.6. The molecule has 0 saturated carbocycles. The van der Waals surface area contributed by atoms with E-state index in [0.29, 0.717) is 54.2 Å². The Balaban J connectivity index is 1.61. The van der Waals surface area contributed by atoms with Gasteiger partial charge in [0.2, 0.25) is 0 Å². The fourth-order valence-corrected chi connectivity index (χ4v) is 4.14. The van der Waals surface area contributed by atoms with Crippen LogP contribution in [0.4, 0.5) is 15.9 Å². The van der Waals surface area contributed by atoms with Crippen LogP contribution in [0, 0.1) is 5.82 Å². The minimum absolute atomic E-state index is 0.00840. The highest BCUT2D eigenvalue weighted by molar-refractivity contribution is 6.31. The number of fused-ring (bicyclic) bond motifs is 1. The normalized spacial score (nSPS) is 15.3. The molecule has 1 fully saturated rings. The first-order valence-electron chi connectivity index (χ1n) is 11.5. The van der Waals surface area contributed by atoms with E-state index in [-0.39, 0.29) is 28.8 Å². The van der Waals surface area contributed by atoms with Crippen molar-refractivity contribution in [2.75, 3.05) is 18.4 Å². The first-order valence-corrected chi connectivity index (χ1v) is 11.9. The van der Waals surface area contributed by atoms with Crippen molar-refractivity contribution in [3.05, 3.63) is 47.5 Å². The molecule has 35 heavy (non-hydrogen) atoms. The summed E-state index contributed by atoms with van der Waals surface area (Å²) in [5.41, 5.74) is 0.792. The number of likely N-dealkylation sites (tertiary alicyclic amines) is 1. The number of carbonyl (C=O) groups excluding carboxylic acids is 1. The van der Waals surface area contributed by atoms with Crippen LogP contribution >= 0.6 is 11.6 Å². The van der Waals surface area contributed by atoms with E-state index in [2.05, 4.69) is 15.3 Å². The number of hydrogen-bond donors (Lipinski definition) is 2. The van der Waals surface area contributed by atoms with E-state index in [1.165, 1.54) is 19.3 Å². The standard InChI is InChI=1S/C25H28ClFN4O4/c1-14(2)34-21-11-17-20(28-13-29-24(17)30-19-6-4-5-18(26)23(19)27)12-22(21)35-16-7-9-31(10-8-16)25(33)15(3)32/h4-6,11-16,32H,7-10H2,1-3H3,(H,28,29,30)/t15-/m0/s1. The van der Waals surface area contributed by atoms with Gasteiger partial charge in [0.15, 0.2) is 17.3 Å². The lowest BCUT2D eigenvalue weighted by atomic mass is 10.1. The Morgan fingerprint density at radius 3 is 2.63 bits per heavy atom. The molecule has 0 aliphatic carbocycles. The zero-order chi connectivity index (χ0) is 25.1. The zero-order valence-electron chi connectivity index (χ0n) is 19.8. The van der Waals surface area contributed by atoms with Crippen LogP contribution in [0.5, 0.6) is 11.5 Å². The molecule has 0 unspecified atom stereocenters. The monoisotopic (exact) mass is 502 g/mol. The molecular weight excluding hydrogens is 475 g/mol. The quantitative estimate of drug-likeness (QED) is 0.483. The summed E-state index contributed by atoms with van der Waals surface area (Å²) in [7, 11) is 0. The third-order valence-corrected chi connectivity index (χ3v) is 5.96. The predicted octanol–water partition coefficient (Wildman–Crippen LogP) is 4.70. The summed E-state index contributed by atoms with van der Waals surface area (Å²) >= 11 is 5.92. The molecular formula is C25H28ClFN4O4. The maximum Gasteiger partial charge on any atom is 0.251 e. The Bertz CT molecular complexity index is 1220. The van der Waals surface area contributed by atoms with Gasteiger partial charge in [0.05, 0.1) is 22.3 Å². The second kappa shape index (κ2) is 10.6. The largest absolute Gasteiger partial charge is 0.487 e. The van der Waals surface area contributed by atoms with Crippen molar-refractivity contribution in [1.29, 1.82) is 0 Å². The number of aliphatic hydroxyl groups excluding tert-OH is 1. The number of piperidine rings is 1. The molecule has 186 valence electrons. The van der Waals surface area contributed by atoms with E-state index in [1.807, 2.05) is 13.8 Å². The summed E-state index contributed by atoms with van der Waals surface area (Å²) in [6.45, 7) is 6.31. The molecule has 10 heteroatoms. The van der Waals surface area contributed by atoms with Crippen LogP contribution in [0.2, 0.25) is 5.02 Å². The number of aromatic nitrogens is 2. The van der Waals surface area contributed by atoms with E-state index in [4.69, 9.17) is 21.1 Å². The van der Waals surface area contributed by atoms with Crippen molar-refractivity contribution >= 4 is 39.9 Å². The van der Waals surface area contributed by atoms with Gasteiger partial charge in [-0.2, -0.15) is 0 Å². The van der Waals surface area contributed by atoms with E-state index in [1.54, 1.807) is 29.2 Å². The van der Waals surface area contributed by atoms with Crippen LogP contribution in [0.1, 0.15) is 33.6 Å². The molecule has 0 radical (unpaired) electrons. The van der Waals surface area contributed by atoms with E-state index < -0.39 is 11.9 Å². The van der Waals surface area contributed by atoms with Gasteiger partial charge in [-0.25, -0.2) is 14.4 Å². The van der Waals surface area contributed by atoms with Gasteiger partial charge >= 0.3 is 0 Å². The van der Waals surface area contributed by atoms with Gasteiger partial charge in [-0.05, 0) is 39.0 Å². The number of amides is 1. The summed E-state index contributed by atoms with van der Waals surface area (Å²) < 4.78 is 26.8. The average Bonchev–Trinajstić information content (AvgIpc) is 2.82. The average molecular weight is 503 g/mol. The van der Waals surface area contributed by atoms with E-state index in [9.17, 15) is 14.3 Å². The van der Waals surface area contributed by atoms with Crippen molar-refractivity contribution in [2.45, 2.75) is 51.9 Å². The number of benzene rings is 2. The van der Waals surface area contributed by atoms with Gasteiger partial charge < -0.3 is 24.8 Å². The first-order chi connectivity index (χ1) is 16.7. The lowest BCUT2D eigenvalue weighted by molar-refractivity contribution is -0.141. The van der Waals surface area contributed by atoms with Crippen molar-refractivity contribution in [1.82, 2.24) is 14.9 Å². The smallest absolute Gasteiger partial charge is 0.251 e. The second-order valence-electron chi connectivity index (χ2n) is 8.75. The molecule has 1 saturated heterocycles. The number of rotatable bonds is 7. The lowest BCUT2D eigenvalue weighted by Gasteiger charge is -2.33. The SMILES string of the molecule is CC(C)Oc1cc2c(Nc3cccc(Cl)c3F)ncnc2cc1OC1CCN(C(=O)[C@H](C)O)CC1. The molecule has 1 aliphatic heterocycles. The summed E-state index contributed by atoms with van der Waals surface area (Å²) in [6.07, 6.45) is 1.39. The van der Waals surface area contributed by atoms with Crippen molar-refractivity contribution in [3.8, 4) is 11.5 Å². The van der Waals surface area contributed by atoms with Crippen LogP contribution in [0.15, 0.2) is 36.7 Å². The third kappa shape index (κ3) is 5.74. The molecule has 2 aromatic carbocycles. The minimum atomic E-state index is -1.01. The number of ether oxygens (including phenoxy) is 2. The van der Waals surface area contributed by atoms with Crippen LogP contribution in [0.3, 0.4) is 0 Å². The van der Waals surface area contributed by atoms with Gasteiger partial charge in [-0.3, -0.25) is 4.79 Å². The molecule has 1 aliphatic rings. The fourth-order valence-electron chi connectivity index (χ4n) is 3.97. The molecule has 3 aromatic rings. The highest BCUT2D eigenvalue weighted by atomic mass is 35.5. The molecule has 1 aromatic heterocycles. The van der Waals surface area contributed by atoms with Crippen molar-refractivity contribution in [3.63, 3.8) is 0 Å². The van der Waals surface area contributed by atoms with Gasteiger partial charge in [0.1, 0.15) is 24.4 Å². The molecule has 0 spiro atoms. The Labute approximate surface area is 208 Å². The number of nitrogens with zero attached hydrogens (tertiary/aromatic N) is 3. The van der Waals surface area contributed by atoms with Crippen molar-refractivity contribution in [2.24, 2.45) is 0 Å². The molecule has 0 bridgehead atoms. The summed E-state index contributed by atoms with van der Waals surface area (Å²) in [5, 5.41) is 13.2. The lowest BCUT2D eigenvalue weighted by Crippen LogP contribution is -2.45. The topological polar surface area (TPSA) is 96.8 Å². The van der Waals surface area contributed by atoms with Gasteiger partial charge in [0.25, 0.3) is 5.91 Å². The maximum atomic E-state index is 14.5. The summed E-state index contributed by atoms with van der Waals surface area (Å²) in [6, 6.07) is 8.26. The molecule has 4 rings (SSSR count). The third-order valence-electron chi connectivity index (χ3n) is 5.67. The number of hydrogen-bond acceptors (Lipinski definition) is 7. The Hall–Kier alpha value is -3.17. The Morgan fingerprint density at radius 2 is 1.94 bits per heavy atom. The Morgan fingerprint density at radius 1 is 1.20 bits per heavy atom. The first kappa shape index (κ1) is 24.9. The molecule has 2 N–H and O–H groups in total. The summed E-state index contributed by atoms with van der Waals surface area (Å²) in [4.78, 5) is 22.4. The van der Waals surface area contributed by atoms with Crippen LogP contribution < -0.4 is 14.8 Å². The molecule has 8 nitrogen and oxygen atoms in total. The number of halogens is 2. The number of anilines is 2. The predicted molar refractivity (Wildman–Crippen MR) is 132 cm³/mol. The van der Waals surface area contributed by atoms with Gasteiger partial charge in [0, 0.05) is 37.4 Å². The van der Waals surface area contributed by atoms with Crippen LogP contribution in [0.25, 0.3) is 10.9 Å². The van der Waals surface area contributed by atoms with Crippen LogP contribution in [-0.4, -0.2) is 57.3 Å². The highest BCUT2D eigenvalue weighted by Crippen LogP contribution is 2.37. The van der Waals surface area contributed by atoms with Crippen LogP contribution in [-0.2, 0) is 4.79 Å². The van der Waals surface area contributed by atoms with E-state index in [0.717, 1.165) is 0 Å². The summed E-state index contributed by atoms with van der Waals surface area (Å²) in [5.74, 6) is 0.608. The van der Waals surface area contributed by atoms with E-state index >= 15 is 0 Å². The van der Waals surface area contributed by atoms with Gasteiger partial charge in [-0.1, -0.05) is 17.7 Å². The number of carbonyl (C=O) groups is 1. The highest BCUT2D eigenvalue weighted by Gasteiger charge is 2.27. The molecule has 1 atom stereocenters. The molecule has 2 heterocycles. The molecule has 1 amide bonds. The minimum Gasteiger partial charge on any atom is -0.487 e. The fraction of sp³-hybridized carbons (Fsp3) is 0.400. The van der Waals surface area contributed by atoms with Crippen molar-refractivity contribution < 1.29 is 23.8 Å². The van der Waals surface area contributed by atoms with Gasteiger partial charge in [-0.15, -0.1) is 0 Å². The maximum absolute atomic E-state index is 14.5. The number of nitrogens with one attached hydrogen (secondary N) is 1. The number of aliphatic hydroxyl groups is 1. The second-order valence-corrected chi connectivity index (χ2v) is 9.16. The Kier molecular flexibility index (Phi) is 7.57.